The van der Waals surface area contributed by atoms with E-state index in [0.29, 0.717) is 20.1 Å². The molecule has 1 aromatic rings. The number of rotatable bonds is 2. The summed E-state index contributed by atoms with van der Waals surface area (Å²) in [5.41, 5.74) is 0. The molecular weight excluding hydrogens is 299 g/mol. The average Bonchev–Trinajstić information content (AvgIpc) is 2.03. The molecule has 1 atom stereocenters. The highest BCUT2D eigenvalue weighted by Gasteiger charge is 2.11. The molecule has 2 nitrogen and oxygen atoms in total. The zero-order valence-electron chi connectivity index (χ0n) is 6.51. The standard InChI is InChI=1S/C7H5BrCl2O2S/c1-12-6-3-7(13(10)11)5(9)2-4(6)8/h2-3H,1H3. The van der Waals surface area contributed by atoms with E-state index in [9.17, 15) is 4.21 Å². The molecule has 0 aromatic heterocycles. The van der Waals surface area contributed by atoms with Gasteiger partial charge in [-0.3, -0.25) is 0 Å². The largest absolute Gasteiger partial charge is 0.496 e. The Morgan fingerprint density at radius 2 is 2.15 bits per heavy atom. The van der Waals surface area contributed by atoms with Crippen molar-refractivity contribution in [2.24, 2.45) is 0 Å². The SMILES string of the molecule is COc1cc(S(=O)Cl)c(Cl)cc1Br. The molecule has 0 spiro atoms. The van der Waals surface area contributed by atoms with Crippen molar-refractivity contribution in [2.75, 3.05) is 7.11 Å². The van der Waals surface area contributed by atoms with Gasteiger partial charge in [-0.1, -0.05) is 11.6 Å². The van der Waals surface area contributed by atoms with Gasteiger partial charge in [0.2, 0.25) is 0 Å². The highest BCUT2D eigenvalue weighted by atomic mass is 79.9. The van der Waals surface area contributed by atoms with Gasteiger partial charge in [0.1, 0.15) is 15.8 Å². The molecule has 0 bridgehead atoms. The number of ether oxygens (including phenoxy) is 1. The Morgan fingerprint density at radius 3 is 2.62 bits per heavy atom. The van der Waals surface area contributed by atoms with Crippen LogP contribution < -0.4 is 4.74 Å². The molecule has 0 saturated heterocycles. The highest BCUT2D eigenvalue weighted by molar-refractivity contribution is 9.10. The lowest BCUT2D eigenvalue weighted by Crippen LogP contribution is -1.89. The van der Waals surface area contributed by atoms with Crippen LogP contribution in [0.4, 0.5) is 0 Å². The molecule has 0 aliphatic carbocycles. The Bertz CT molecular complexity index is 357. The first kappa shape index (κ1) is 11.3. The maximum atomic E-state index is 11.0. The van der Waals surface area contributed by atoms with Gasteiger partial charge < -0.3 is 4.74 Å². The summed E-state index contributed by atoms with van der Waals surface area (Å²) in [5, 5.41) is 0.348. The highest BCUT2D eigenvalue weighted by Crippen LogP contribution is 2.33. The Labute approximate surface area is 96.3 Å². The van der Waals surface area contributed by atoms with Crippen molar-refractivity contribution in [3.63, 3.8) is 0 Å². The smallest absolute Gasteiger partial charge is 0.149 e. The summed E-state index contributed by atoms with van der Waals surface area (Å²) in [6.07, 6.45) is 0. The van der Waals surface area contributed by atoms with Gasteiger partial charge in [-0.15, -0.1) is 0 Å². The monoisotopic (exact) mass is 302 g/mol. The molecule has 0 aliphatic rings. The minimum atomic E-state index is -1.62. The average molecular weight is 304 g/mol. The Balaban J connectivity index is 3.30. The first-order valence-electron chi connectivity index (χ1n) is 3.17. The van der Waals surface area contributed by atoms with Crippen molar-refractivity contribution in [1.29, 1.82) is 0 Å². The van der Waals surface area contributed by atoms with Gasteiger partial charge in [0.15, 0.2) is 0 Å². The molecule has 0 heterocycles. The second-order valence-electron chi connectivity index (χ2n) is 2.14. The van der Waals surface area contributed by atoms with Crippen LogP contribution in [0.1, 0.15) is 0 Å². The lowest BCUT2D eigenvalue weighted by atomic mass is 10.3. The van der Waals surface area contributed by atoms with Gasteiger partial charge >= 0.3 is 0 Å². The van der Waals surface area contributed by atoms with Gasteiger partial charge in [0.25, 0.3) is 0 Å². The molecule has 6 heteroatoms. The fraction of sp³-hybridized carbons (Fsp3) is 0.143. The van der Waals surface area contributed by atoms with Crippen molar-refractivity contribution in [1.82, 2.24) is 0 Å². The summed E-state index contributed by atoms with van der Waals surface area (Å²) in [4.78, 5) is 0.350. The van der Waals surface area contributed by atoms with Crippen LogP contribution in [0.2, 0.25) is 5.02 Å². The van der Waals surface area contributed by atoms with E-state index in [2.05, 4.69) is 15.9 Å². The molecule has 1 rings (SSSR count). The number of benzene rings is 1. The second kappa shape index (κ2) is 4.64. The first-order valence-corrected chi connectivity index (χ1v) is 6.32. The fourth-order valence-electron chi connectivity index (χ4n) is 0.790. The zero-order chi connectivity index (χ0) is 10.0. The zero-order valence-corrected chi connectivity index (χ0v) is 10.4. The van der Waals surface area contributed by atoms with E-state index in [-0.39, 0.29) is 0 Å². The minimum Gasteiger partial charge on any atom is -0.496 e. The molecule has 0 saturated carbocycles. The summed E-state index contributed by atoms with van der Waals surface area (Å²) in [6, 6.07) is 3.13. The molecule has 0 N–H and O–H groups in total. The molecule has 13 heavy (non-hydrogen) atoms. The van der Waals surface area contributed by atoms with E-state index < -0.39 is 10.0 Å². The van der Waals surface area contributed by atoms with E-state index in [1.54, 1.807) is 6.07 Å². The van der Waals surface area contributed by atoms with Crippen LogP contribution in [0.5, 0.6) is 5.75 Å². The lowest BCUT2D eigenvalue weighted by Gasteiger charge is -2.05. The van der Waals surface area contributed by atoms with Crippen LogP contribution in [0.25, 0.3) is 0 Å². The topological polar surface area (TPSA) is 26.3 Å². The van der Waals surface area contributed by atoms with E-state index >= 15 is 0 Å². The molecule has 0 radical (unpaired) electrons. The Kier molecular flexibility index (Phi) is 4.04. The van der Waals surface area contributed by atoms with Gasteiger partial charge in [0, 0.05) is 6.07 Å². The number of halogens is 3. The number of hydrogen-bond acceptors (Lipinski definition) is 2. The summed E-state index contributed by atoms with van der Waals surface area (Å²) in [6.45, 7) is 0. The molecule has 0 aliphatic heterocycles. The van der Waals surface area contributed by atoms with Crippen LogP contribution in [0.3, 0.4) is 0 Å². The van der Waals surface area contributed by atoms with E-state index in [1.165, 1.54) is 13.2 Å². The van der Waals surface area contributed by atoms with Crippen molar-refractivity contribution in [3.8, 4) is 5.75 Å². The van der Waals surface area contributed by atoms with Crippen molar-refractivity contribution >= 4 is 48.2 Å². The molecular formula is C7H5BrCl2O2S. The first-order chi connectivity index (χ1) is 6.06. The maximum absolute atomic E-state index is 11.0. The van der Waals surface area contributed by atoms with Crippen LogP contribution >= 0.6 is 38.2 Å². The molecule has 0 amide bonds. The van der Waals surface area contributed by atoms with Crippen LogP contribution in [-0.2, 0) is 10.0 Å². The Morgan fingerprint density at radius 1 is 1.54 bits per heavy atom. The third kappa shape index (κ3) is 2.59. The van der Waals surface area contributed by atoms with Gasteiger partial charge in [0.05, 0.1) is 21.5 Å². The van der Waals surface area contributed by atoms with Gasteiger partial charge in [-0.2, -0.15) is 0 Å². The Hall–Kier alpha value is 0.230. The maximum Gasteiger partial charge on any atom is 0.149 e. The lowest BCUT2D eigenvalue weighted by molar-refractivity contribution is 0.411. The molecule has 0 fully saturated rings. The quantitative estimate of drug-likeness (QED) is 0.783. The minimum absolute atomic E-state index is 0.348. The predicted molar refractivity (Wildman–Crippen MR) is 58.0 cm³/mol. The van der Waals surface area contributed by atoms with Crippen LogP contribution in [0, 0.1) is 0 Å². The summed E-state index contributed by atoms with van der Waals surface area (Å²) < 4.78 is 16.7. The second-order valence-corrected chi connectivity index (χ2v) is 5.13. The van der Waals surface area contributed by atoms with Crippen LogP contribution in [0.15, 0.2) is 21.5 Å². The third-order valence-corrected chi connectivity index (χ3v) is 3.61. The third-order valence-electron chi connectivity index (χ3n) is 1.38. The molecule has 1 unspecified atom stereocenters. The van der Waals surface area contributed by atoms with Crippen molar-refractivity contribution in [2.45, 2.75) is 4.90 Å². The number of hydrogen-bond donors (Lipinski definition) is 0. The van der Waals surface area contributed by atoms with E-state index in [0.717, 1.165) is 0 Å². The van der Waals surface area contributed by atoms with E-state index in [4.69, 9.17) is 27.0 Å². The fourth-order valence-corrected chi connectivity index (χ4v) is 2.71. The molecule has 1 aromatic carbocycles. The summed E-state index contributed by atoms with van der Waals surface area (Å²) in [5.74, 6) is 0.549. The van der Waals surface area contributed by atoms with Gasteiger partial charge in [-0.25, -0.2) is 4.21 Å². The van der Waals surface area contributed by atoms with Gasteiger partial charge in [-0.05, 0) is 32.7 Å². The molecule has 72 valence electrons. The summed E-state index contributed by atoms with van der Waals surface area (Å²) >= 11 is 9.03. The van der Waals surface area contributed by atoms with E-state index in [1.807, 2.05) is 0 Å². The predicted octanol–water partition coefficient (Wildman–Crippen LogP) is 3.37. The van der Waals surface area contributed by atoms with Crippen LogP contribution in [-0.4, -0.2) is 11.3 Å². The van der Waals surface area contributed by atoms with Crippen molar-refractivity contribution < 1.29 is 8.95 Å². The summed E-state index contributed by atoms with van der Waals surface area (Å²) in [7, 11) is 5.29. The normalized spacial score (nSPS) is 12.6. The van der Waals surface area contributed by atoms with Crippen molar-refractivity contribution in [3.05, 3.63) is 21.6 Å². The number of methoxy groups -OCH3 is 1.